The number of rotatable bonds is 2. The summed E-state index contributed by atoms with van der Waals surface area (Å²) in [4.78, 5) is 4.94. The molecule has 0 aromatic rings. The van der Waals surface area contributed by atoms with Crippen molar-refractivity contribution in [2.24, 2.45) is 11.5 Å². The normalized spacial score (nSPS) is 40.1. The maximum absolute atomic E-state index is 5.89. The van der Waals surface area contributed by atoms with E-state index in [0.29, 0.717) is 12.1 Å². The minimum Gasteiger partial charge on any atom is -0.378 e. The maximum Gasteiger partial charge on any atom is 0.0638 e. The molecule has 4 N–H and O–H groups in total. The molecule has 0 aromatic heterocycles. The molecule has 0 aromatic carbocycles. The first-order valence-corrected chi connectivity index (χ1v) is 8.90. The molecule has 0 bridgehead atoms. The standard InChI is InChI=1S/2C8H16N2O/c2*9-7-5-11-6-8(7)10-3-1-2-4-10/h2*7-8H,1-6,9H2/t2*7-,8-/m10/s1. The molecule has 0 radical (unpaired) electrons. The maximum atomic E-state index is 5.89. The summed E-state index contributed by atoms with van der Waals surface area (Å²) in [5.74, 6) is 0. The van der Waals surface area contributed by atoms with E-state index < -0.39 is 0 Å². The third-order valence-corrected chi connectivity index (χ3v) is 5.41. The van der Waals surface area contributed by atoms with E-state index in [4.69, 9.17) is 20.9 Å². The highest BCUT2D eigenvalue weighted by molar-refractivity contribution is 4.89. The van der Waals surface area contributed by atoms with Crippen molar-refractivity contribution >= 4 is 0 Å². The molecule has 4 aliphatic rings. The Balaban J connectivity index is 0.000000131. The highest BCUT2D eigenvalue weighted by atomic mass is 16.5. The van der Waals surface area contributed by atoms with Crippen molar-refractivity contribution in [2.45, 2.75) is 49.9 Å². The van der Waals surface area contributed by atoms with Crippen molar-refractivity contribution < 1.29 is 9.47 Å². The fourth-order valence-corrected chi connectivity index (χ4v) is 4.02. The largest absolute Gasteiger partial charge is 0.378 e. The van der Waals surface area contributed by atoms with E-state index in [1.807, 2.05) is 0 Å². The van der Waals surface area contributed by atoms with Crippen molar-refractivity contribution in [1.82, 2.24) is 9.80 Å². The monoisotopic (exact) mass is 312 g/mol. The Bertz CT molecular complexity index is 300. The number of nitrogens with zero attached hydrogens (tertiary/aromatic N) is 2. The van der Waals surface area contributed by atoms with Crippen LogP contribution in [0.4, 0.5) is 0 Å². The average Bonchev–Trinajstić information content (AvgIpc) is 3.27. The van der Waals surface area contributed by atoms with Gasteiger partial charge in [0, 0.05) is 12.1 Å². The number of hydrogen-bond acceptors (Lipinski definition) is 6. The lowest BCUT2D eigenvalue weighted by Gasteiger charge is -2.24. The third-order valence-electron chi connectivity index (χ3n) is 5.41. The summed E-state index contributed by atoms with van der Waals surface area (Å²) in [6, 6.07) is 1.54. The van der Waals surface area contributed by atoms with Crippen LogP contribution in [0.5, 0.6) is 0 Å². The molecule has 4 fully saturated rings. The SMILES string of the molecule is N[C@@H]1COC[C@H]1N1CCCC1.N[C@H]1COC[C@@H]1N1CCCC1. The molecule has 0 unspecified atom stereocenters. The predicted molar refractivity (Wildman–Crippen MR) is 86.8 cm³/mol. The Morgan fingerprint density at radius 3 is 1.23 bits per heavy atom. The summed E-state index contributed by atoms with van der Waals surface area (Å²) in [7, 11) is 0. The molecule has 4 aliphatic heterocycles. The van der Waals surface area contributed by atoms with Gasteiger partial charge in [-0.25, -0.2) is 0 Å². The third kappa shape index (κ3) is 3.99. The van der Waals surface area contributed by atoms with Gasteiger partial charge < -0.3 is 20.9 Å². The molecule has 4 rings (SSSR count). The van der Waals surface area contributed by atoms with E-state index in [1.165, 1.54) is 51.9 Å². The highest BCUT2D eigenvalue weighted by Crippen LogP contribution is 2.18. The number of likely N-dealkylation sites (tertiary alicyclic amines) is 2. The van der Waals surface area contributed by atoms with Gasteiger partial charge in [-0.1, -0.05) is 0 Å². The summed E-state index contributed by atoms with van der Waals surface area (Å²) >= 11 is 0. The minimum absolute atomic E-state index is 0.257. The zero-order valence-electron chi connectivity index (χ0n) is 13.7. The van der Waals surface area contributed by atoms with E-state index >= 15 is 0 Å². The predicted octanol–water partition coefficient (Wildman–Crippen LogP) is -0.383. The van der Waals surface area contributed by atoms with Gasteiger partial charge in [0.2, 0.25) is 0 Å². The second-order valence-electron chi connectivity index (χ2n) is 7.02. The Kier molecular flexibility index (Phi) is 6.07. The van der Waals surface area contributed by atoms with Gasteiger partial charge in [0.1, 0.15) is 0 Å². The second-order valence-corrected chi connectivity index (χ2v) is 7.02. The van der Waals surface area contributed by atoms with E-state index in [-0.39, 0.29) is 12.1 Å². The molecule has 0 aliphatic carbocycles. The molecular formula is C16H32N4O2. The molecule has 4 saturated heterocycles. The van der Waals surface area contributed by atoms with Gasteiger partial charge in [0.05, 0.1) is 38.5 Å². The molecular weight excluding hydrogens is 280 g/mol. The zero-order chi connectivity index (χ0) is 15.4. The molecule has 0 amide bonds. The molecule has 0 saturated carbocycles. The molecule has 22 heavy (non-hydrogen) atoms. The Morgan fingerprint density at radius 2 is 0.955 bits per heavy atom. The van der Waals surface area contributed by atoms with E-state index in [2.05, 4.69) is 9.80 Å². The zero-order valence-corrected chi connectivity index (χ0v) is 13.7. The Hall–Kier alpha value is -0.240. The molecule has 4 heterocycles. The quantitative estimate of drug-likeness (QED) is 0.724. The van der Waals surface area contributed by atoms with Crippen molar-refractivity contribution in [3.8, 4) is 0 Å². The van der Waals surface area contributed by atoms with Gasteiger partial charge in [0.15, 0.2) is 0 Å². The van der Waals surface area contributed by atoms with Gasteiger partial charge in [-0.15, -0.1) is 0 Å². The fraction of sp³-hybridized carbons (Fsp3) is 1.00. The Labute approximate surface area is 134 Å². The highest BCUT2D eigenvalue weighted by Gasteiger charge is 2.32. The van der Waals surface area contributed by atoms with Crippen LogP contribution in [-0.2, 0) is 9.47 Å². The topological polar surface area (TPSA) is 77.0 Å². The van der Waals surface area contributed by atoms with Crippen LogP contribution in [-0.4, -0.2) is 86.6 Å². The van der Waals surface area contributed by atoms with Crippen LogP contribution in [0.15, 0.2) is 0 Å². The first-order chi connectivity index (χ1) is 10.8. The second kappa shape index (κ2) is 8.04. The lowest BCUT2D eigenvalue weighted by Crippen LogP contribution is -2.45. The van der Waals surface area contributed by atoms with Crippen molar-refractivity contribution in [3.63, 3.8) is 0 Å². The van der Waals surface area contributed by atoms with Gasteiger partial charge in [0.25, 0.3) is 0 Å². The van der Waals surface area contributed by atoms with Gasteiger partial charge in [-0.2, -0.15) is 0 Å². The van der Waals surface area contributed by atoms with Crippen LogP contribution in [0, 0.1) is 0 Å². The minimum atomic E-state index is 0.257. The molecule has 6 nitrogen and oxygen atoms in total. The van der Waals surface area contributed by atoms with Gasteiger partial charge in [-0.3, -0.25) is 9.80 Å². The van der Waals surface area contributed by atoms with Crippen LogP contribution in [0.2, 0.25) is 0 Å². The molecule has 128 valence electrons. The number of hydrogen-bond donors (Lipinski definition) is 2. The average molecular weight is 312 g/mol. The van der Waals surface area contributed by atoms with Gasteiger partial charge >= 0.3 is 0 Å². The van der Waals surface area contributed by atoms with E-state index in [1.54, 1.807) is 0 Å². The first-order valence-electron chi connectivity index (χ1n) is 8.90. The van der Waals surface area contributed by atoms with Crippen molar-refractivity contribution in [3.05, 3.63) is 0 Å². The molecule has 4 atom stereocenters. The number of nitrogens with two attached hydrogens (primary N) is 2. The summed E-state index contributed by atoms with van der Waals surface area (Å²) in [5, 5.41) is 0. The fourth-order valence-electron chi connectivity index (χ4n) is 4.02. The van der Waals surface area contributed by atoms with Crippen molar-refractivity contribution in [1.29, 1.82) is 0 Å². The van der Waals surface area contributed by atoms with Crippen LogP contribution in [0.25, 0.3) is 0 Å². The molecule has 0 spiro atoms. The molecule has 6 heteroatoms. The number of ether oxygens (including phenoxy) is 2. The summed E-state index contributed by atoms with van der Waals surface area (Å²) in [5.41, 5.74) is 11.8. The lowest BCUT2D eigenvalue weighted by molar-refractivity contribution is 0.159. The summed E-state index contributed by atoms with van der Waals surface area (Å²) < 4.78 is 10.6. The Morgan fingerprint density at radius 1 is 0.591 bits per heavy atom. The van der Waals surface area contributed by atoms with Crippen LogP contribution in [0.1, 0.15) is 25.7 Å². The van der Waals surface area contributed by atoms with Gasteiger partial charge in [-0.05, 0) is 51.9 Å². The first kappa shape index (κ1) is 16.6. The summed E-state index contributed by atoms with van der Waals surface area (Å²) in [6.45, 7) is 8.09. The van der Waals surface area contributed by atoms with Crippen LogP contribution >= 0.6 is 0 Å². The van der Waals surface area contributed by atoms with E-state index in [9.17, 15) is 0 Å². The smallest absolute Gasteiger partial charge is 0.0638 e. The van der Waals surface area contributed by atoms with Crippen molar-refractivity contribution in [2.75, 3.05) is 52.6 Å². The summed E-state index contributed by atoms with van der Waals surface area (Å²) in [6.07, 6.45) is 5.35. The lowest BCUT2D eigenvalue weighted by atomic mass is 10.1. The van der Waals surface area contributed by atoms with Crippen LogP contribution in [0.3, 0.4) is 0 Å². The van der Waals surface area contributed by atoms with Crippen LogP contribution < -0.4 is 11.5 Å². The van der Waals surface area contributed by atoms with E-state index in [0.717, 1.165) is 26.4 Å².